The zero-order chi connectivity index (χ0) is 13.4. The molecule has 17 heavy (non-hydrogen) atoms. The number of phenolic OH excluding ortho intramolecular Hbond substituents is 1. The van der Waals surface area contributed by atoms with Gasteiger partial charge in [-0.3, -0.25) is 0 Å². The van der Waals surface area contributed by atoms with Crippen LogP contribution in [-0.2, 0) is 12.4 Å². The van der Waals surface area contributed by atoms with Crippen molar-refractivity contribution in [2.75, 3.05) is 7.11 Å². The zero-order valence-corrected chi connectivity index (χ0v) is 8.28. The summed E-state index contributed by atoms with van der Waals surface area (Å²) >= 11 is 0. The van der Waals surface area contributed by atoms with Gasteiger partial charge in [0.15, 0.2) is 11.5 Å². The highest BCUT2D eigenvalue weighted by molar-refractivity contribution is 5.53. The molecule has 0 heterocycles. The third-order valence-electron chi connectivity index (χ3n) is 1.95. The van der Waals surface area contributed by atoms with E-state index in [0.717, 1.165) is 7.11 Å². The molecule has 1 rings (SSSR count). The Balaban J connectivity index is 3.49. The van der Waals surface area contributed by atoms with Gasteiger partial charge in [0.05, 0.1) is 7.11 Å². The monoisotopic (exact) mass is 260 g/mol. The van der Waals surface area contributed by atoms with Gasteiger partial charge in [-0.15, -0.1) is 0 Å². The number of hydrogen-bond donors (Lipinski definition) is 1. The minimum Gasteiger partial charge on any atom is -0.504 e. The van der Waals surface area contributed by atoms with E-state index in [2.05, 4.69) is 4.74 Å². The summed E-state index contributed by atoms with van der Waals surface area (Å²) in [7, 11) is 0.741. The smallest absolute Gasteiger partial charge is 0.420 e. The highest BCUT2D eigenvalue weighted by Gasteiger charge is 2.41. The largest absolute Gasteiger partial charge is 0.504 e. The maximum Gasteiger partial charge on any atom is 0.420 e. The third kappa shape index (κ3) is 2.56. The number of halogens is 6. The minimum absolute atomic E-state index is 0.153. The Hall–Kier alpha value is -1.60. The molecule has 8 heteroatoms. The fourth-order valence-electron chi connectivity index (χ4n) is 1.23. The molecule has 0 amide bonds. The van der Waals surface area contributed by atoms with Crippen molar-refractivity contribution in [3.63, 3.8) is 0 Å². The van der Waals surface area contributed by atoms with Crippen molar-refractivity contribution >= 4 is 0 Å². The number of aromatic hydroxyl groups is 1. The summed E-state index contributed by atoms with van der Waals surface area (Å²) in [5, 5.41) is 9.12. The molecule has 1 aromatic carbocycles. The normalized spacial score (nSPS) is 12.6. The molecular formula is C9H6F6O2. The van der Waals surface area contributed by atoms with Crippen molar-refractivity contribution in [2.45, 2.75) is 12.4 Å². The molecule has 0 radical (unpaired) electrons. The van der Waals surface area contributed by atoms with E-state index in [9.17, 15) is 26.3 Å². The Morgan fingerprint density at radius 2 is 1.35 bits per heavy atom. The highest BCUT2D eigenvalue weighted by atomic mass is 19.4. The lowest BCUT2D eigenvalue weighted by atomic mass is 10.1. The van der Waals surface area contributed by atoms with E-state index in [-0.39, 0.29) is 12.1 Å². The average molecular weight is 260 g/mol. The van der Waals surface area contributed by atoms with Gasteiger partial charge in [0.2, 0.25) is 0 Å². The van der Waals surface area contributed by atoms with Crippen LogP contribution in [0.5, 0.6) is 11.5 Å². The lowest BCUT2D eigenvalue weighted by Gasteiger charge is -2.16. The second-order valence-corrected chi connectivity index (χ2v) is 3.04. The van der Waals surface area contributed by atoms with Gasteiger partial charge in [-0.05, 0) is 12.1 Å². The standard InChI is InChI=1S/C9H6F6O2/c1-17-7-5(9(13,14)15)3-2-4(6(7)16)8(10,11)12/h2-3,16H,1H3. The fourth-order valence-corrected chi connectivity index (χ4v) is 1.23. The molecule has 0 spiro atoms. The van der Waals surface area contributed by atoms with Crippen LogP contribution < -0.4 is 4.74 Å². The number of benzene rings is 1. The Morgan fingerprint density at radius 1 is 0.941 bits per heavy atom. The molecule has 0 aliphatic carbocycles. The molecule has 96 valence electrons. The van der Waals surface area contributed by atoms with Gasteiger partial charge in [0.25, 0.3) is 0 Å². The van der Waals surface area contributed by atoms with Crippen LogP contribution in [0.25, 0.3) is 0 Å². The molecular weight excluding hydrogens is 254 g/mol. The van der Waals surface area contributed by atoms with Crippen LogP contribution >= 0.6 is 0 Å². The van der Waals surface area contributed by atoms with Crippen molar-refractivity contribution < 1.29 is 36.2 Å². The molecule has 0 saturated heterocycles. The van der Waals surface area contributed by atoms with Crippen LogP contribution in [0.3, 0.4) is 0 Å². The van der Waals surface area contributed by atoms with Gasteiger partial charge in [-0.1, -0.05) is 0 Å². The summed E-state index contributed by atoms with van der Waals surface area (Å²) in [5.74, 6) is -2.82. The quantitative estimate of drug-likeness (QED) is 0.784. The second kappa shape index (κ2) is 4.01. The van der Waals surface area contributed by atoms with E-state index in [1.54, 1.807) is 0 Å². The van der Waals surface area contributed by atoms with E-state index in [4.69, 9.17) is 5.11 Å². The van der Waals surface area contributed by atoms with Crippen molar-refractivity contribution in [1.82, 2.24) is 0 Å². The van der Waals surface area contributed by atoms with Crippen molar-refractivity contribution in [3.05, 3.63) is 23.3 Å². The van der Waals surface area contributed by atoms with Crippen molar-refractivity contribution in [3.8, 4) is 11.5 Å². The molecule has 0 aliphatic heterocycles. The first-order valence-corrected chi connectivity index (χ1v) is 4.13. The Kier molecular flexibility index (Phi) is 3.17. The number of ether oxygens (including phenoxy) is 1. The molecule has 0 aromatic heterocycles. The summed E-state index contributed by atoms with van der Waals surface area (Å²) < 4.78 is 78.2. The van der Waals surface area contributed by atoms with Gasteiger partial charge in [0.1, 0.15) is 11.1 Å². The zero-order valence-electron chi connectivity index (χ0n) is 8.28. The topological polar surface area (TPSA) is 29.5 Å². The summed E-state index contributed by atoms with van der Waals surface area (Å²) in [4.78, 5) is 0. The predicted molar refractivity (Wildman–Crippen MR) is 44.7 cm³/mol. The molecule has 0 saturated carbocycles. The van der Waals surface area contributed by atoms with Crippen molar-refractivity contribution in [2.24, 2.45) is 0 Å². The first kappa shape index (κ1) is 13.5. The maximum atomic E-state index is 12.4. The van der Waals surface area contributed by atoms with Crippen LogP contribution in [0, 0.1) is 0 Å². The molecule has 0 atom stereocenters. The lowest BCUT2D eigenvalue weighted by molar-refractivity contribution is -0.143. The molecule has 0 bridgehead atoms. The number of phenols is 1. The summed E-state index contributed by atoms with van der Waals surface area (Å²) in [6.45, 7) is 0. The van der Waals surface area contributed by atoms with Crippen LogP contribution in [0.4, 0.5) is 26.3 Å². The highest BCUT2D eigenvalue weighted by Crippen LogP contribution is 2.46. The summed E-state index contributed by atoms with van der Waals surface area (Å²) in [6.07, 6.45) is -9.87. The van der Waals surface area contributed by atoms with Gasteiger partial charge in [-0.2, -0.15) is 26.3 Å². The molecule has 0 aliphatic rings. The molecule has 0 unspecified atom stereocenters. The number of methoxy groups -OCH3 is 1. The number of alkyl halides is 6. The second-order valence-electron chi connectivity index (χ2n) is 3.04. The van der Waals surface area contributed by atoms with Crippen molar-refractivity contribution in [1.29, 1.82) is 0 Å². The van der Waals surface area contributed by atoms with Crippen LogP contribution in [0.1, 0.15) is 11.1 Å². The molecule has 2 nitrogen and oxygen atoms in total. The number of rotatable bonds is 1. The predicted octanol–water partition coefficient (Wildman–Crippen LogP) is 3.44. The summed E-state index contributed by atoms with van der Waals surface area (Å²) in [6, 6.07) is 0.363. The average Bonchev–Trinajstić information content (AvgIpc) is 2.13. The van der Waals surface area contributed by atoms with Crippen LogP contribution in [-0.4, -0.2) is 12.2 Å². The number of hydrogen-bond acceptors (Lipinski definition) is 2. The summed E-state index contributed by atoms with van der Waals surface area (Å²) in [5.41, 5.74) is -3.05. The molecule has 1 N–H and O–H groups in total. The minimum atomic E-state index is -4.96. The first-order chi connectivity index (χ1) is 7.59. The van der Waals surface area contributed by atoms with Gasteiger partial charge >= 0.3 is 12.4 Å². The van der Waals surface area contributed by atoms with E-state index >= 15 is 0 Å². The fraction of sp³-hybridized carbons (Fsp3) is 0.333. The third-order valence-corrected chi connectivity index (χ3v) is 1.95. The van der Waals surface area contributed by atoms with Gasteiger partial charge in [0, 0.05) is 0 Å². The van der Waals surface area contributed by atoms with E-state index < -0.39 is 35.0 Å². The molecule has 0 fully saturated rings. The van der Waals surface area contributed by atoms with E-state index in [1.165, 1.54) is 0 Å². The van der Waals surface area contributed by atoms with E-state index in [1.807, 2.05) is 0 Å². The SMILES string of the molecule is COc1c(C(F)(F)F)ccc(C(F)(F)F)c1O. The van der Waals surface area contributed by atoms with Crippen LogP contribution in [0.15, 0.2) is 12.1 Å². The van der Waals surface area contributed by atoms with Crippen LogP contribution in [0.2, 0.25) is 0 Å². The Labute approximate surface area is 91.4 Å². The van der Waals surface area contributed by atoms with E-state index in [0.29, 0.717) is 0 Å². The first-order valence-electron chi connectivity index (χ1n) is 4.13. The van der Waals surface area contributed by atoms with Gasteiger partial charge < -0.3 is 9.84 Å². The molecule has 1 aromatic rings. The van der Waals surface area contributed by atoms with Gasteiger partial charge in [-0.25, -0.2) is 0 Å². The maximum absolute atomic E-state index is 12.4. The Morgan fingerprint density at radius 3 is 1.71 bits per heavy atom. The Bertz CT molecular complexity index is 421. The lowest BCUT2D eigenvalue weighted by Crippen LogP contribution is -2.11.